The van der Waals surface area contributed by atoms with Crippen LogP contribution in [0.1, 0.15) is 0 Å². The fourth-order valence-electron chi connectivity index (χ4n) is 1.29. The van der Waals surface area contributed by atoms with E-state index in [1.807, 2.05) is 0 Å². The first kappa shape index (κ1) is 15.8. The van der Waals surface area contributed by atoms with Crippen molar-refractivity contribution in [2.45, 2.75) is 10.9 Å². The molecule has 0 radical (unpaired) electrons. The second kappa shape index (κ2) is 6.81. The van der Waals surface area contributed by atoms with Gasteiger partial charge in [-0.15, -0.1) is 11.6 Å². The van der Waals surface area contributed by atoms with Crippen LogP contribution in [0.2, 0.25) is 0 Å². The molecule has 0 spiro atoms. The molecule has 0 aromatic heterocycles. The third kappa shape index (κ3) is 4.17. The minimum absolute atomic E-state index is 0.0330. The maximum Gasteiger partial charge on any atom is 0.243 e. The van der Waals surface area contributed by atoms with Gasteiger partial charge in [-0.25, -0.2) is 17.5 Å². The van der Waals surface area contributed by atoms with Crippen molar-refractivity contribution in [1.82, 2.24) is 4.72 Å². The molecule has 0 saturated carbocycles. The maximum absolute atomic E-state index is 13.6. The molecule has 0 aliphatic heterocycles. The van der Waals surface area contributed by atoms with E-state index in [1.165, 1.54) is 19.2 Å². The number of sulfonamides is 1. The molecule has 0 saturated heterocycles. The highest BCUT2D eigenvalue weighted by molar-refractivity contribution is 9.10. The van der Waals surface area contributed by atoms with Crippen molar-refractivity contribution in [2.24, 2.45) is 0 Å². The summed E-state index contributed by atoms with van der Waals surface area (Å²) in [5, 5.41) is 0. The number of hydrogen-bond acceptors (Lipinski definition) is 3. The molecule has 0 aliphatic carbocycles. The van der Waals surface area contributed by atoms with Gasteiger partial charge in [0.1, 0.15) is 10.7 Å². The van der Waals surface area contributed by atoms with E-state index in [0.29, 0.717) is 4.47 Å². The van der Waals surface area contributed by atoms with E-state index in [-0.39, 0.29) is 12.5 Å². The number of halogens is 3. The monoisotopic (exact) mass is 359 g/mol. The lowest BCUT2D eigenvalue weighted by molar-refractivity contribution is 0.181. The Hall–Kier alpha value is -0.210. The number of benzene rings is 1. The van der Waals surface area contributed by atoms with Crippen molar-refractivity contribution in [2.75, 3.05) is 19.6 Å². The van der Waals surface area contributed by atoms with Crippen molar-refractivity contribution in [3.8, 4) is 0 Å². The molecule has 18 heavy (non-hydrogen) atoms. The Morgan fingerprint density at radius 1 is 1.56 bits per heavy atom. The van der Waals surface area contributed by atoms with Gasteiger partial charge < -0.3 is 4.74 Å². The number of ether oxygens (including phenoxy) is 1. The summed E-state index contributed by atoms with van der Waals surface area (Å²) in [6, 6.07) is 3.11. The molecule has 0 fully saturated rings. The topological polar surface area (TPSA) is 55.4 Å². The quantitative estimate of drug-likeness (QED) is 0.791. The Balaban J connectivity index is 2.99. The van der Waals surface area contributed by atoms with Gasteiger partial charge in [-0.3, -0.25) is 0 Å². The Labute approximate surface area is 119 Å². The summed E-state index contributed by atoms with van der Waals surface area (Å²) in [7, 11) is -2.53. The maximum atomic E-state index is 13.6. The van der Waals surface area contributed by atoms with Gasteiger partial charge in [-0.1, -0.05) is 15.9 Å². The van der Waals surface area contributed by atoms with Crippen LogP contribution < -0.4 is 4.72 Å². The minimum atomic E-state index is -3.95. The van der Waals surface area contributed by atoms with Gasteiger partial charge in [0.15, 0.2) is 0 Å². The zero-order valence-corrected chi connectivity index (χ0v) is 12.6. The highest BCUT2D eigenvalue weighted by Gasteiger charge is 2.22. The van der Waals surface area contributed by atoms with Gasteiger partial charge in [0.2, 0.25) is 10.0 Å². The van der Waals surface area contributed by atoms with Crippen molar-refractivity contribution in [1.29, 1.82) is 0 Å². The highest BCUT2D eigenvalue weighted by Crippen LogP contribution is 2.19. The Bertz CT molecular complexity index is 512. The van der Waals surface area contributed by atoms with Crippen LogP contribution in [-0.4, -0.2) is 34.1 Å². The van der Waals surface area contributed by atoms with E-state index in [9.17, 15) is 12.8 Å². The van der Waals surface area contributed by atoms with Gasteiger partial charge >= 0.3 is 0 Å². The zero-order chi connectivity index (χ0) is 13.8. The van der Waals surface area contributed by atoms with E-state index >= 15 is 0 Å². The van der Waals surface area contributed by atoms with Gasteiger partial charge in [0.25, 0.3) is 0 Å². The van der Waals surface area contributed by atoms with Crippen LogP contribution in [-0.2, 0) is 14.8 Å². The molecule has 1 atom stereocenters. The molecular formula is C10H12BrClFNO3S. The van der Waals surface area contributed by atoms with E-state index in [0.717, 1.165) is 6.07 Å². The number of alkyl halides is 1. The molecule has 0 bridgehead atoms. The number of rotatable bonds is 6. The smallest absolute Gasteiger partial charge is 0.243 e. The third-order valence-electron chi connectivity index (χ3n) is 2.06. The fraction of sp³-hybridized carbons (Fsp3) is 0.400. The average Bonchev–Trinajstić information content (AvgIpc) is 2.27. The molecule has 1 aromatic carbocycles. The molecule has 102 valence electrons. The lowest BCUT2D eigenvalue weighted by Gasteiger charge is -2.15. The van der Waals surface area contributed by atoms with Crippen molar-refractivity contribution < 1.29 is 17.5 Å². The SMILES string of the molecule is COCC(CCl)NS(=O)(=O)c1ccc(Br)cc1F. The van der Waals surface area contributed by atoms with Gasteiger partial charge in [0, 0.05) is 17.5 Å². The highest BCUT2D eigenvalue weighted by atomic mass is 79.9. The normalized spacial score (nSPS) is 13.6. The van der Waals surface area contributed by atoms with Crippen LogP contribution in [0.15, 0.2) is 27.6 Å². The number of hydrogen-bond donors (Lipinski definition) is 1. The molecule has 8 heteroatoms. The largest absolute Gasteiger partial charge is 0.383 e. The van der Waals surface area contributed by atoms with E-state index in [1.54, 1.807) is 0 Å². The second-order valence-electron chi connectivity index (χ2n) is 3.50. The molecule has 0 heterocycles. The molecule has 0 aliphatic rings. The van der Waals surface area contributed by atoms with E-state index in [4.69, 9.17) is 16.3 Å². The summed E-state index contributed by atoms with van der Waals surface area (Å²) in [6.45, 7) is 0.112. The minimum Gasteiger partial charge on any atom is -0.383 e. The van der Waals surface area contributed by atoms with Crippen LogP contribution in [0.4, 0.5) is 4.39 Å². The molecule has 0 amide bonds. The summed E-state index contributed by atoms with van der Waals surface area (Å²) in [5.41, 5.74) is 0. The second-order valence-corrected chi connectivity index (χ2v) is 6.41. The molecule has 1 N–H and O–H groups in total. The van der Waals surface area contributed by atoms with Crippen molar-refractivity contribution >= 4 is 37.6 Å². The Morgan fingerprint density at radius 2 is 2.22 bits per heavy atom. The Kier molecular flexibility index (Phi) is 6.00. The van der Waals surface area contributed by atoms with E-state index < -0.39 is 26.8 Å². The van der Waals surface area contributed by atoms with Gasteiger partial charge in [-0.2, -0.15) is 0 Å². The van der Waals surface area contributed by atoms with Crippen LogP contribution in [0.25, 0.3) is 0 Å². The lowest BCUT2D eigenvalue weighted by Crippen LogP contribution is -2.39. The van der Waals surface area contributed by atoms with Crippen LogP contribution in [0.3, 0.4) is 0 Å². The summed E-state index contributed by atoms with van der Waals surface area (Å²) >= 11 is 8.65. The molecular weight excluding hydrogens is 349 g/mol. The standard InChI is InChI=1S/C10H12BrClFNO3S/c1-17-6-8(5-12)14-18(15,16)10-3-2-7(11)4-9(10)13/h2-4,8,14H,5-6H2,1H3. The first-order valence-electron chi connectivity index (χ1n) is 4.93. The number of methoxy groups -OCH3 is 1. The first-order valence-corrected chi connectivity index (χ1v) is 7.74. The van der Waals surface area contributed by atoms with Crippen molar-refractivity contribution in [3.63, 3.8) is 0 Å². The summed E-state index contributed by atoms with van der Waals surface area (Å²) in [6.07, 6.45) is 0. The van der Waals surface area contributed by atoms with E-state index in [2.05, 4.69) is 20.7 Å². The molecule has 4 nitrogen and oxygen atoms in total. The first-order chi connectivity index (χ1) is 8.40. The lowest BCUT2D eigenvalue weighted by atomic mass is 10.3. The van der Waals surface area contributed by atoms with Gasteiger partial charge in [-0.05, 0) is 18.2 Å². The van der Waals surface area contributed by atoms with Crippen molar-refractivity contribution in [3.05, 3.63) is 28.5 Å². The van der Waals surface area contributed by atoms with Crippen LogP contribution in [0.5, 0.6) is 0 Å². The molecule has 1 rings (SSSR count). The summed E-state index contributed by atoms with van der Waals surface area (Å²) < 4.78 is 45.0. The van der Waals surface area contributed by atoms with Crippen LogP contribution in [0, 0.1) is 5.82 Å². The molecule has 1 aromatic rings. The third-order valence-corrected chi connectivity index (χ3v) is 4.48. The van der Waals surface area contributed by atoms with Gasteiger partial charge in [0.05, 0.1) is 12.6 Å². The number of nitrogens with one attached hydrogen (secondary N) is 1. The predicted molar refractivity (Wildman–Crippen MR) is 70.8 cm³/mol. The average molecular weight is 361 g/mol. The summed E-state index contributed by atoms with van der Waals surface area (Å²) in [5.74, 6) is -0.798. The van der Waals surface area contributed by atoms with Crippen LogP contribution >= 0.6 is 27.5 Å². The fourth-order valence-corrected chi connectivity index (χ4v) is 3.16. The Morgan fingerprint density at radius 3 is 2.72 bits per heavy atom. The zero-order valence-electron chi connectivity index (χ0n) is 9.49. The summed E-state index contributed by atoms with van der Waals surface area (Å²) in [4.78, 5) is -0.420. The molecule has 1 unspecified atom stereocenters. The predicted octanol–water partition coefficient (Wildman–Crippen LogP) is 2.12.